The summed E-state index contributed by atoms with van der Waals surface area (Å²) in [4.78, 5) is 12.5. The maximum atomic E-state index is 12.5. The number of hydrogen-bond donors (Lipinski definition) is 0. The summed E-state index contributed by atoms with van der Waals surface area (Å²) in [7, 11) is 1.59. The standard InChI is InChI=1S/C40H42O10/c1-42-39-36(45-24-29-18-10-4-11-19-29)35(44-23-28-16-8-3-9-17-28)33(43-22-27-14-6-2-7-15-27)31(48-39)26-47-40-37-34(50-37)32(49-40)25-46-38(41)30-20-12-5-13-21-30/h2-21,31-37,39-40H,22-26H2,1H3/t31-,32-,33-,34+,35+,36+,37+,39+,40?/m1/s1. The van der Waals surface area contributed by atoms with E-state index in [9.17, 15) is 4.79 Å². The van der Waals surface area contributed by atoms with Crippen LogP contribution in [0.1, 0.15) is 27.0 Å². The van der Waals surface area contributed by atoms with E-state index in [4.69, 9.17) is 42.6 Å². The van der Waals surface area contributed by atoms with Crippen LogP contribution < -0.4 is 0 Å². The predicted molar refractivity (Wildman–Crippen MR) is 181 cm³/mol. The molecule has 4 aromatic carbocycles. The Kier molecular flexibility index (Phi) is 11.6. The molecule has 3 aliphatic heterocycles. The van der Waals surface area contributed by atoms with Crippen LogP contribution in [0.15, 0.2) is 121 Å². The average molecular weight is 683 g/mol. The maximum Gasteiger partial charge on any atom is 0.338 e. The zero-order chi connectivity index (χ0) is 34.1. The Morgan fingerprint density at radius 2 is 1.02 bits per heavy atom. The molecule has 50 heavy (non-hydrogen) atoms. The van der Waals surface area contributed by atoms with Crippen molar-refractivity contribution in [3.63, 3.8) is 0 Å². The van der Waals surface area contributed by atoms with E-state index in [2.05, 4.69) is 0 Å². The van der Waals surface area contributed by atoms with Crippen molar-refractivity contribution in [3.05, 3.63) is 144 Å². The second-order valence-corrected chi connectivity index (χ2v) is 12.5. The van der Waals surface area contributed by atoms with Crippen molar-refractivity contribution in [2.24, 2.45) is 0 Å². The number of ether oxygens (including phenoxy) is 9. The van der Waals surface area contributed by atoms with E-state index in [1.807, 2.05) is 97.1 Å². The number of hydrogen-bond acceptors (Lipinski definition) is 10. The van der Waals surface area contributed by atoms with E-state index < -0.39 is 49.1 Å². The van der Waals surface area contributed by atoms with E-state index in [0.29, 0.717) is 25.4 Å². The van der Waals surface area contributed by atoms with Gasteiger partial charge in [0.1, 0.15) is 49.3 Å². The number of carbonyl (C=O) groups excluding carboxylic acids is 1. The van der Waals surface area contributed by atoms with E-state index in [1.165, 1.54) is 0 Å². The van der Waals surface area contributed by atoms with Crippen LogP contribution in [0.4, 0.5) is 0 Å². The number of carbonyl (C=O) groups is 1. The Morgan fingerprint density at radius 1 is 0.520 bits per heavy atom. The van der Waals surface area contributed by atoms with Crippen molar-refractivity contribution in [3.8, 4) is 0 Å². The van der Waals surface area contributed by atoms with Crippen molar-refractivity contribution in [1.82, 2.24) is 0 Å². The molecule has 9 atom stereocenters. The van der Waals surface area contributed by atoms with Gasteiger partial charge in [-0.25, -0.2) is 4.79 Å². The number of fused-ring (bicyclic) bond motifs is 1. The summed E-state index contributed by atoms with van der Waals surface area (Å²) >= 11 is 0. The lowest BCUT2D eigenvalue weighted by molar-refractivity contribution is -0.328. The van der Waals surface area contributed by atoms with Crippen LogP contribution in [0.5, 0.6) is 0 Å². The van der Waals surface area contributed by atoms with Gasteiger partial charge in [0.25, 0.3) is 0 Å². The smallest absolute Gasteiger partial charge is 0.338 e. The van der Waals surface area contributed by atoms with Crippen LogP contribution in [0.3, 0.4) is 0 Å². The summed E-state index contributed by atoms with van der Waals surface area (Å²) in [6.45, 7) is 1.14. The van der Waals surface area contributed by atoms with Crippen molar-refractivity contribution in [2.45, 2.75) is 75.1 Å². The number of benzene rings is 4. The summed E-state index contributed by atoms with van der Waals surface area (Å²) in [5.41, 5.74) is 3.51. The lowest BCUT2D eigenvalue weighted by atomic mass is 9.97. The average Bonchev–Trinajstić information content (AvgIpc) is 3.90. The minimum atomic E-state index is -0.774. The van der Waals surface area contributed by atoms with Gasteiger partial charge >= 0.3 is 5.97 Å². The fraction of sp³-hybridized carbons (Fsp3) is 0.375. The molecule has 0 spiro atoms. The third-order valence-electron chi connectivity index (χ3n) is 9.00. The van der Waals surface area contributed by atoms with Crippen LogP contribution in [0, 0.1) is 0 Å². The Balaban J connectivity index is 1.06. The first kappa shape index (κ1) is 34.5. The normalized spacial score (nSPS) is 28.5. The largest absolute Gasteiger partial charge is 0.459 e. The van der Waals surface area contributed by atoms with Gasteiger partial charge in [-0.15, -0.1) is 0 Å². The molecule has 0 aromatic heterocycles. The van der Waals surface area contributed by atoms with E-state index in [0.717, 1.165) is 16.7 Å². The van der Waals surface area contributed by atoms with Crippen molar-refractivity contribution in [2.75, 3.05) is 20.3 Å². The number of rotatable bonds is 16. The summed E-state index contributed by atoms with van der Waals surface area (Å²) in [5, 5.41) is 0. The monoisotopic (exact) mass is 682 g/mol. The van der Waals surface area contributed by atoms with E-state index >= 15 is 0 Å². The molecule has 3 fully saturated rings. The molecule has 4 aromatic rings. The third-order valence-corrected chi connectivity index (χ3v) is 9.00. The topological polar surface area (TPSA) is 103 Å². The van der Waals surface area contributed by atoms with Gasteiger partial charge in [0.05, 0.1) is 32.0 Å². The molecule has 0 bridgehead atoms. The highest BCUT2D eigenvalue weighted by molar-refractivity contribution is 5.89. The highest BCUT2D eigenvalue weighted by atomic mass is 16.8. The van der Waals surface area contributed by atoms with Crippen LogP contribution in [0.2, 0.25) is 0 Å². The number of esters is 1. The van der Waals surface area contributed by atoms with Crippen LogP contribution >= 0.6 is 0 Å². The van der Waals surface area contributed by atoms with Gasteiger partial charge in [-0.1, -0.05) is 109 Å². The SMILES string of the molecule is CO[C@H]1O[C@H](COC2O[C@H](COC(=O)c3ccccc3)[C@@H]3O[C@H]23)[C@@H](OCc2ccccc2)[C@H](OCc2ccccc2)[C@@H]1OCc1ccccc1. The van der Waals surface area contributed by atoms with Crippen LogP contribution in [0.25, 0.3) is 0 Å². The minimum Gasteiger partial charge on any atom is -0.459 e. The van der Waals surface area contributed by atoms with Gasteiger partial charge in [0.2, 0.25) is 0 Å². The molecule has 10 nitrogen and oxygen atoms in total. The number of epoxide rings is 1. The van der Waals surface area contributed by atoms with Gasteiger partial charge in [0, 0.05) is 7.11 Å². The molecule has 262 valence electrons. The lowest BCUT2D eigenvalue weighted by Crippen LogP contribution is -2.61. The molecule has 0 aliphatic carbocycles. The summed E-state index contributed by atoms with van der Waals surface area (Å²) in [6.07, 6.45) is -4.81. The molecule has 3 aliphatic rings. The van der Waals surface area contributed by atoms with Gasteiger partial charge in [-0.2, -0.15) is 0 Å². The molecule has 7 rings (SSSR count). The fourth-order valence-electron chi connectivity index (χ4n) is 6.32. The zero-order valence-electron chi connectivity index (χ0n) is 27.9. The first-order valence-electron chi connectivity index (χ1n) is 17.0. The van der Waals surface area contributed by atoms with Gasteiger partial charge in [0.15, 0.2) is 12.6 Å². The molecular weight excluding hydrogens is 640 g/mol. The minimum absolute atomic E-state index is 0.0546. The van der Waals surface area contributed by atoms with Crippen molar-refractivity contribution in [1.29, 1.82) is 0 Å². The molecule has 0 N–H and O–H groups in total. The second kappa shape index (κ2) is 16.8. The molecule has 3 saturated heterocycles. The summed E-state index contributed by atoms with van der Waals surface area (Å²) in [5.74, 6) is -0.416. The molecule has 0 saturated carbocycles. The highest BCUT2D eigenvalue weighted by Crippen LogP contribution is 2.40. The molecule has 1 unspecified atom stereocenters. The lowest BCUT2D eigenvalue weighted by Gasteiger charge is -2.45. The van der Waals surface area contributed by atoms with E-state index in [1.54, 1.807) is 31.4 Å². The van der Waals surface area contributed by atoms with Gasteiger partial charge < -0.3 is 42.6 Å². The van der Waals surface area contributed by atoms with Crippen molar-refractivity contribution < 1.29 is 47.4 Å². The van der Waals surface area contributed by atoms with E-state index in [-0.39, 0.29) is 25.4 Å². The molecule has 10 heteroatoms. The number of methoxy groups -OCH3 is 1. The first-order chi connectivity index (χ1) is 24.7. The zero-order valence-corrected chi connectivity index (χ0v) is 27.9. The predicted octanol–water partition coefficient (Wildman–Crippen LogP) is 5.48. The van der Waals surface area contributed by atoms with Crippen molar-refractivity contribution >= 4 is 5.97 Å². The van der Waals surface area contributed by atoms with Crippen LogP contribution in [-0.2, 0) is 62.5 Å². The second-order valence-electron chi connectivity index (χ2n) is 12.5. The highest BCUT2D eigenvalue weighted by Gasteiger charge is 2.60. The molecule has 3 heterocycles. The quantitative estimate of drug-likeness (QED) is 0.112. The maximum absolute atomic E-state index is 12.5. The Hall–Kier alpha value is -3.97. The third kappa shape index (κ3) is 8.66. The van der Waals surface area contributed by atoms with Crippen LogP contribution in [-0.4, -0.2) is 81.6 Å². The van der Waals surface area contributed by atoms with Gasteiger partial charge in [-0.3, -0.25) is 0 Å². The Bertz CT molecular complexity index is 1610. The summed E-state index contributed by atoms with van der Waals surface area (Å²) < 4.78 is 56.1. The molecular formula is C40H42O10. The fourth-order valence-corrected chi connectivity index (χ4v) is 6.32. The Morgan fingerprint density at radius 3 is 1.58 bits per heavy atom. The molecule has 0 radical (unpaired) electrons. The first-order valence-corrected chi connectivity index (χ1v) is 17.0. The Labute approximate surface area is 292 Å². The summed E-state index contributed by atoms with van der Waals surface area (Å²) in [6, 6.07) is 38.7. The molecule has 0 amide bonds. The van der Waals surface area contributed by atoms with Gasteiger partial charge in [-0.05, 0) is 28.8 Å².